The van der Waals surface area contributed by atoms with E-state index in [1.165, 1.54) is 12.1 Å². The first-order valence-electron chi connectivity index (χ1n) is 11.0. The minimum atomic E-state index is -0.283. The number of hydrogen-bond acceptors (Lipinski definition) is 5. The topological polar surface area (TPSA) is 82.0 Å². The fourth-order valence-corrected chi connectivity index (χ4v) is 3.79. The fourth-order valence-electron chi connectivity index (χ4n) is 3.79. The van der Waals surface area contributed by atoms with E-state index in [1.807, 2.05) is 30.3 Å². The van der Waals surface area contributed by atoms with Crippen LogP contribution in [-0.4, -0.2) is 48.0 Å². The Hall–Kier alpha value is -4.07. The largest absolute Gasteiger partial charge is 0.373 e. The molecule has 1 atom stereocenters. The summed E-state index contributed by atoms with van der Waals surface area (Å²) in [7, 11) is 3.52. The van der Waals surface area contributed by atoms with E-state index in [0.29, 0.717) is 23.7 Å². The maximum Gasteiger partial charge on any atom is 0.253 e. The van der Waals surface area contributed by atoms with Gasteiger partial charge < -0.3 is 15.5 Å². The lowest BCUT2D eigenvalue weighted by molar-refractivity contribution is -0.117. The average Bonchev–Trinajstić information content (AvgIpc) is 3.63. The number of pyridine rings is 1. The molecular formula is C26H27FN6O. The van der Waals surface area contributed by atoms with Gasteiger partial charge in [-0.2, -0.15) is 0 Å². The molecule has 4 rings (SSSR count). The zero-order valence-electron chi connectivity index (χ0n) is 19.3. The van der Waals surface area contributed by atoms with Crippen molar-refractivity contribution in [1.82, 2.24) is 15.2 Å². The molecule has 2 aliphatic rings. The number of rotatable bonds is 7. The van der Waals surface area contributed by atoms with Gasteiger partial charge in [0.15, 0.2) is 0 Å². The molecule has 2 heterocycles. The first-order valence-corrected chi connectivity index (χ1v) is 11.0. The first kappa shape index (κ1) is 23.1. The molecule has 0 radical (unpaired) electrons. The number of hydrogen-bond donors (Lipinski definition) is 2. The molecular weight excluding hydrogens is 431 g/mol. The summed E-state index contributed by atoms with van der Waals surface area (Å²) in [5, 5.41) is 6.01. The lowest BCUT2D eigenvalue weighted by Crippen LogP contribution is -2.33. The third-order valence-electron chi connectivity index (χ3n) is 5.74. The Labute approximate surface area is 198 Å². The van der Waals surface area contributed by atoms with Crippen molar-refractivity contribution < 1.29 is 9.18 Å². The Kier molecular flexibility index (Phi) is 6.96. The molecule has 34 heavy (non-hydrogen) atoms. The molecule has 1 aliphatic heterocycles. The van der Waals surface area contributed by atoms with Crippen LogP contribution in [0, 0.1) is 5.82 Å². The number of allylic oxidation sites excluding steroid dienone is 2. The number of amides is 1. The van der Waals surface area contributed by atoms with Crippen molar-refractivity contribution in [1.29, 1.82) is 0 Å². The van der Waals surface area contributed by atoms with E-state index in [1.54, 1.807) is 37.5 Å². The normalized spacial score (nSPS) is 18.7. The zero-order chi connectivity index (χ0) is 24.1. The smallest absolute Gasteiger partial charge is 0.253 e. The third kappa shape index (κ3) is 5.28. The number of nitrogens with one attached hydrogen (secondary N) is 2. The van der Waals surface area contributed by atoms with Crippen LogP contribution in [0.5, 0.6) is 0 Å². The van der Waals surface area contributed by atoms with Crippen molar-refractivity contribution >= 4 is 23.3 Å². The van der Waals surface area contributed by atoms with E-state index in [9.17, 15) is 9.18 Å². The number of nitrogens with zero attached hydrogens (tertiary/aromatic N) is 4. The molecule has 1 saturated carbocycles. The van der Waals surface area contributed by atoms with Gasteiger partial charge in [0.25, 0.3) is 5.91 Å². The fraction of sp³-hybridized carbons (Fsp3) is 0.231. The van der Waals surface area contributed by atoms with E-state index in [4.69, 9.17) is 0 Å². The van der Waals surface area contributed by atoms with Gasteiger partial charge in [-0.25, -0.2) is 14.4 Å². The summed E-state index contributed by atoms with van der Waals surface area (Å²) in [6.45, 7) is 4.78. The lowest BCUT2D eigenvalue weighted by Gasteiger charge is -2.26. The molecule has 1 aliphatic carbocycles. The number of anilines is 1. The molecule has 8 heteroatoms. The van der Waals surface area contributed by atoms with Crippen molar-refractivity contribution in [3.8, 4) is 0 Å². The quantitative estimate of drug-likeness (QED) is 0.488. The van der Waals surface area contributed by atoms with E-state index in [0.717, 1.165) is 29.1 Å². The van der Waals surface area contributed by atoms with E-state index < -0.39 is 0 Å². The molecule has 1 aromatic carbocycles. The highest BCUT2D eigenvalue weighted by atomic mass is 19.1. The van der Waals surface area contributed by atoms with Crippen LogP contribution in [0.25, 0.3) is 0 Å². The van der Waals surface area contributed by atoms with Gasteiger partial charge >= 0.3 is 0 Å². The summed E-state index contributed by atoms with van der Waals surface area (Å²) in [6.07, 6.45) is 7.97. The summed E-state index contributed by atoms with van der Waals surface area (Å²) in [6, 6.07) is 10.2. The minimum absolute atomic E-state index is 0.212. The van der Waals surface area contributed by atoms with Crippen molar-refractivity contribution in [2.45, 2.75) is 18.9 Å². The summed E-state index contributed by atoms with van der Waals surface area (Å²) >= 11 is 0. The second-order valence-electron chi connectivity index (χ2n) is 8.00. The van der Waals surface area contributed by atoms with Crippen LogP contribution in [-0.2, 0) is 11.3 Å². The highest BCUT2D eigenvalue weighted by Gasteiger charge is 2.36. The van der Waals surface area contributed by atoms with Crippen LogP contribution in [0.2, 0.25) is 0 Å². The van der Waals surface area contributed by atoms with Crippen LogP contribution in [0.4, 0.5) is 10.2 Å². The van der Waals surface area contributed by atoms with Crippen LogP contribution < -0.4 is 10.6 Å². The summed E-state index contributed by atoms with van der Waals surface area (Å²) in [5.41, 5.74) is 4.09. The predicted molar refractivity (Wildman–Crippen MR) is 133 cm³/mol. The molecule has 174 valence electrons. The van der Waals surface area contributed by atoms with Gasteiger partial charge in [-0.05, 0) is 42.3 Å². The van der Waals surface area contributed by atoms with Crippen LogP contribution in [0.3, 0.4) is 0 Å². The standard InChI is InChI=1S/C26H27FN6O/c1-17-20(7-5-13-33(17)16-18-8-10-19(27)11-9-18)26(34)31-15-24(28-2)32-23-14-22(23)21-6-4-12-30-25(21)29-3/h4-13,22H,1,14-16H2,2-3H3,(H,29,30)(H,31,34). The monoisotopic (exact) mass is 458 g/mol. The SMILES string of the molecule is C=C1C(C(=O)NCC(=NC)N=C2CC2c2cccnc2NC)=CC=CN1Cc1ccc(F)cc1. The van der Waals surface area contributed by atoms with Gasteiger partial charge in [-0.15, -0.1) is 0 Å². The molecule has 2 N–H and O–H groups in total. The number of halogens is 1. The molecule has 0 spiro atoms. The molecule has 7 nitrogen and oxygen atoms in total. The maximum atomic E-state index is 13.2. The molecule has 1 amide bonds. The van der Waals surface area contributed by atoms with Crippen LogP contribution in [0.1, 0.15) is 23.5 Å². The van der Waals surface area contributed by atoms with Gasteiger partial charge in [0.05, 0.1) is 12.1 Å². The number of benzene rings is 1. The van der Waals surface area contributed by atoms with Gasteiger partial charge in [0.1, 0.15) is 17.5 Å². The predicted octanol–water partition coefficient (Wildman–Crippen LogP) is 3.80. The van der Waals surface area contributed by atoms with Crippen molar-refractivity contribution in [3.63, 3.8) is 0 Å². The Morgan fingerprint density at radius 2 is 2.09 bits per heavy atom. The summed E-state index contributed by atoms with van der Waals surface area (Å²) in [5.74, 6) is 1.09. The van der Waals surface area contributed by atoms with Crippen molar-refractivity contribution in [2.75, 3.05) is 26.0 Å². The summed E-state index contributed by atoms with van der Waals surface area (Å²) in [4.78, 5) is 28.0. The number of amidine groups is 1. The van der Waals surface area contributed by atoms with E-state index in [2.05, 4.69) is 32.2 Å². The van der Waals surface area contributed by atoms with Gasteiger partial charge in [0, 0.05) is 55.9 Å². The highest BCUT2D eigenvalue weighted by Crippen LogP contribution is 2.40. The maximum absolute atomic E-state index is 13.2. The Bertz CT molecular complexity index is 1210. The number of carbonyl (C=O) groups is 1. The zero-order valence-corrected chi connectivity index (χ0v) is 19.3. The highest BCUT2D eigenvalue weighted by molar-refractivity contribution is 6.13. The van der Waals surface area contributed by atoms with E-state index in [-0.39, 0.29) is 24.2 Å². The average molecular weight is 459 g/mol. The molecule has 0 saturated heterocycles. The second-order valence-corrected chi connectivity index (χ2v) is 8.00. The number of carbonyl (C=O) groups excluding carboxylic acids is 1. The molecule has 1 fully saturated rings. The molecule has 2 aromatic rings. The Morgan fingerprint density at radius 1 is 1.29 bits per heavy atom. The van der Waals surface area contributed by atoms with Crippen LogP contribution in [0.15, 0.2) is 88.8 Å². The van der Waals surface area contributed by atoms with Gasteiger partial charge in [-0.3, -0.25) is 9.79 Å². The van der Waals surface area contributed by atoms with Crippen molar-refractivity contribution in [3.05, 3.63) is 95.7 Å². The number of aliphatic imine (C=N–C) groups is 2. The van der Waals surface area contributed by atoms with Crippen molar-refractivity contribution in [2.24, 2.45) is 9.98 Å². The molecule has 0 bridgehead atoms. The molecule has 1 aromatic heterocycles. The lowest BCUT2D eigenvalue weighted by atomic mass is 10.1. The second kappa shape index (κ2) is 10.2. The minimum Gasteiger partial charge on any atom is -0.373 e. The van der Waals surface area contributed by atoms with Gasteiger partial charge in [-0.1, -0.05) is 24.8 Å². The Morgan fingerprint density at radius 3 is 2.82 bits per heavy atom. The first-order chi connectivity index (χ1) is 16.5. The van der Waals surface area contributed by atoms with Gasteiger partial charge in [0.2, 0.25) is 0 Å². The summed E-state index contributed by atoms with van der Waals surface area (Å²) < 4.78 is 13.2. The van der Waals surface area contributed by atoms with Crippen LogP contribution >= 0.6 is 0 Å². The van der Waals surface area contributed by atoms with E-state index >= 15 is 0 Å². The third-order valence-corrected chi connectivity index (χ3v) is 5.74. The molecule has 1 unspecified atom stereocenters. The number of aromatic nitrogens is 1. The Balaban J connectivity index is 1.35.